The highest BCUT2D eigenvalue weighted by atomic mass is 28.2. The third-order valence-electron chi connectivity index (χ3n) is 5.10. The minimum Gasteiger partial charge on any atom is -0.417 e. The lowest BCUT2D eigenvalue weighted by Gasteiger charge is -2.04. The first-order valence-corrected chi connectivity index (χ1v) is 12.9. The summed E-state index contributed by atoms with van der Waals surface area (Å²) in [6, 6.07) is 1.18. The molecule has 0 rings (SSSR count). The second-order valence-corrected chi connectivity index (χ2v) is 8.99. The lowest BCUT2D eigenvalue weighted by Crippen LogP contribution is -1.98. The Hall–Kier alpha value is 0.177. The first-order chi connectivity index (χ1) is 12.4. The van der Waals surface area contributed by atoms with E-state index in [0.29, 0.717) is 0 Å². The molecule has 2 heteroatoms. The minimum absolute atomic E-state index is 0.725. The second kappa shape index (κ2) is 24.2. The summed E-state index contributed by atoms with van der Waals surface area (Å²) < 4.78 is 5.54. The van der Waals surface area contributed by atoms with Gasteiger partial charge in [-0.2, -0.15) is 0 Å². The smallest absolute Gasteiger partial charge is 0.229 e. The molecule has 0 heterocycles. The highest BCUT2D eigenvalue weighted by molar-refractivity contribution is 6.26. The lowest BCUT2D eigenvalue weighted by molar-refractivity contribution is 0.320. The third-order valence-corrected chi connectivity index (χ3v) is 5.79. The predicted molar refractivity (Wildman–Crippen MR) is 116 cm³/mol. The minimum atomic E-state index is 0.725. The zero-order chi connectivity index (χ0) is 18.3. The molecule has 0 aliphatic rings. The van der Waals surface area contributed by atoms with E-state index in [1.54, 1.807) is 0 Å². The molecule has 2 radical (unpaired) electrons. The van der Waals surface area contributed by atoms with E-state index >= 15 is 0 Å². The first-order valence-electron chi connectivity index (χ1n) is 11.8. The van der Waals surface area contributed by atoms with Crippen LogP contribution >= 0.6 is 0 Å². The fourth-order valence-electron chi connectivity index (χ4n) is 3.43. The molecule has 0 bridgehead atoms. The normalized spacial score (nSPS) is 11.3. The summed E-state index contributed by atoms with van der Waals surface area (Å²) >= 11 is 0. The highest BCUT2D eigenvalue weighted by Gasteiger charge is 1.95. The maximum atomic E-state index is 5.54. The van der Waals surface area contributed by atoms with E-state index in [0.717, 1.165) is 16.4 Å². The summed E-state index contributed by atoms with van der Waals surface area (Å²) in [5.41, 5.74) is 0. The van der Waals surface area contributed by atoms with E-state index in [-0.39, 0.29) is 0 Å². The average Bonchev–Trinajstić information content (AvgIpc) is 2.63. The molecule has 0 aromatic rings. The zero-order valence-electron chi connectivity index (χ0n) is 17.8. The van der Waals surface area contributed by atoms with Crippen LogP contribution in [-0.2, 0) is 4.43 Å². The fraction of sp³-hybridized carbons (Fsp3) is 1.00. The van der Waals surface area contributed by atoms with Crippen LogP contribution in [0, 0.1) is 0 Å². The van der Waals surface area contributed by atoms with Crippen molar-refractivity contribution in [3.8, 4) is 0 Å². The predicted octanol–water partition coefficient (Wildman–Crippen LogP) is 8.49. The average molecular weight is 369 g/mol. The van der Waals surface area contributed by atoms with Gasteiger partial charge in [-0.25, -0.2) is 0 Å². The van der Waals surface area contributed by atoms with Crippen molar-refractivity contribution in [2.24, 2.45) is 0 Å². The molecule has 0 aliphatic heterocycles. The summed E-state index contributed by atoms with van der Waals surface area (Å²) in [5.74, 6) is 0. The van der Waals surface area contributed by atoms with E-state index in [2.05, 4.69) is 13.8 Å². The monoisotopic (exact) mass is 368 g/mol. The lowest BCUT2D eigenvalue weighted by atomic mass is 10.0. The van der Waals surface area contributed by atoms with Crippen LogP contribution in [0.1, 0.15) is 136 Å². The van der Waals surface area contributed by atoms with Gasteiger partial charge in [0.25, 0.3) is 0 Å². The van der Waals surface area contributed by atoms with E-state index in [1.807, 2.05) is 0 Å². The van der Waals surface area contributed by atoms with Gasteiger partial charge in [0.05, 0.1) is 0 Å². The molecule has 0 aromatic heterocycles. The maximum Gasteiger partial charge on any atom is 0.229 e. The summed E-state index contributed by atoms with van der Waals surface area (Å²) in [4.78, 5) is 0. The van der Waals surface area contributed by atoms with Crippen molar-refractivity contribution in [2.75, 3.05) is 6.61 Å². The summed E-state index contributed by atoms with van der Waals surface area (Å²) in [6.45, 7) is 5.48. The van der Waals surface area contributed by atoms with E-state index in [9.17, 15) is 0 Å². The van der Waals surface area contributed by atoms with Crippen LogP contribution in [0.4, 0.5) is 0 Å². The quantitative estimate of drug-likeness (QED) is 0.137. The molecule has 0 fully saturated rings. The van der Waals surface area contributed by atoms with Crippen molar-refractivity contribution in [3.05, 3.63) is 0 Å². The molecule has 0 unspecified atom stereocenters. The van der Waals surface area contributed by atoms with Gasteiger partial charge in [-0.3, -0.25) is 0 Å². The number of hydrogen-bond acceptors (Lipinski definition) is 1. The van der Waals surface area contributed by atoms with Crippen LogP contribution in [0.2, 0.25) is 6.04 Å². The Morgan fingerprint density at radius 2 is 0.760 bits per heavy atom. The zero-order valence-corrected chi connectivity index (χ0v) is 18.8. The second-order valence-electron chi connectivity index (χ2n) is 7.71. The van der Waals surface area contributed by atoms with Crippen molar-refractivity contribution in [3.63, 3.8) is 0 Å². The summed E-state index contributed by atoms with van der Waals surface area (Å²) in [7, 11) is 0.725. The van der Waals surface area contributed by atoms with Crippen molar-refractivity contribution < 1.29 is 4.43 Å². The van der Waals surface area contributed by atoms with Gasteiger partial charge in [-0.05, 0) is 12.5 Å². The van der Waals surface area contributed by atoms with Crippen molar-refractivity contribution in [2.45, 2.75) is 142 Å². The summed E-state index contributed by atoms with van der Waals surface area (Å²) in [6.07, 6.45) is 27.5. The molecular formula is C23H48OSi. The van der Waals surface area contributed by atoms with Crippen LogP contribution in [0.15, 0.2) is 0 Å². The molecule has 0 aliphatic carbocycles. The topological polar surface area (TPSA) is 9.23 Å². The van der Waals surface area contributed by atoms with Gasteiger partial charge in [0.2, 0.25) is 9.76 Å². The Bertz CT molecular complexity index is 198. The molecule has 150 valence electrons. The van der Waals surface area contributed by atoms with Crippen molar-refractivity contribution in [1.29, 1.82) is 0 Å². The van der Waals surface area contributed by atoms with Gasteiger partial charge in [0.15, 0.2) is 0 Å². The van der Waals surface area contributed by atoms with Gasteiger partial charge < -0.3 is 4.43 Å². The van der Waals surface area contributed by atoms with Gasteiger partial charge in [-0.1, -0.05) is 129 Å². The van der Waals surface area contributed by atoms with Gasteiger partial charge in [0.1, 0.15) is 0 Å². The Labute approximate surface area is 163 Å². The van der Waals surface area contributed by atoms with Crippen LogP contribution in [0.5, 0.6) is 0 Å². The molecule has 25 heavy (non-hydrogen) atoms. The fourth-order valence-corrected chi connectivity index (χ4v) is 3.92. The SMILES string of the molecule is CCCCCCCCCCCCCCCCCCCCCO[Si]CC. The Morgan fingerprint density at radius 1 is 0.440 bits per heavy atom. The Kier molecular flexibility index (Phi) is 24.3. The van der Waals surface area contributed by atoms with E-state index in [4.69, 9.17) is 4.43 Å². The number of hydrogen-bond donors (Lipinski definition) is 0. The molecule has 0 N–H and O–H groups in total. The molecule has 0 atom stereocenters. The van der Waals surface area contributed by atoms with Gasteiger partial charge in [0, 0.05) is 6.61 Å². The van der Waals surface area contributed by atoms with E-state index in [1.165, 1.54) is 128 Å². The van der Waals surface area contributed by atoms with E-state index < -0.39 is 0 Å². The molecular weight excluding hydrogens is 320 g/mol. The van der Waals surface area contributed by atoms with Gasteiger partial charge >= 0.3 is 0 Å². The van der Waals surface area contributed by atoms with Crippen LogP contribution < -0.4 is 0 Å². The Balaban J connectivity index is 2.94. The largest absolute Gasteiger partial charge is 0.417 e. The summed E-state index contributed by atoms with van der Waals surface area (Å²) in [5, 5.41) is 0. The molecule has 0 aromatic carbocycles. The molecule has 0 saturated carbocycles. The van der Waals surface area contributed by atoms with Crippen LogP contribution in [0.25, 0.3) is 0 Å². The molecule has 0 spiro atoms. The molecule has 0 amide bonds. The molecule has 1 nitrogen and oxygen atoms in total. The van der Waals surface area contributed by atoms with Gasteiger partial charge in [-0.15, -0.1) is 0 Å². The third kappa shape index (κ3) is 24.2. The maximum absolute atomic E-state index is 5.54. The first kappa shape index (κ1) is 25.2. The number of rotatable bonds is 22. The van der Waals surface area contributed by atoms with Crippen LogP contribution in [-0.4, -0.2) is 16.4 Å². The van der Waals surface area contributed by atoms with Crippen LogP contribution in [0.3, 0.4) is 0 Å². The standard InChI is InChI=1S/C23H48OSi/c1-3-5-6-7-8-9-10-11-12-13-14-15-16-17-18-19-20-21-22-23-24-25-4-2/h3-23H2,1-2H3. The van der Waals surface area contributed by atoms with Crippen molar-refractivity contribution >= 4 is 9.76 Å². The Morgan fingerprint density at radius 3 is 1.08 bits per heavy atom. The number of unbranched alkanes of at least 4 members (excludes halogenated alkanes) is 18. The highest BCUT2D eigenvalue weighted by Crippen LogP contribution is 2.14. The molecule has 0 saturated heterocycles. The van der Waals surface area contributed by atoms with Crippen molar-refractivity contribution in [1.82, 2.24) is 0 Å².